The van der Waals surface area contributed by atoms with E-state index in [1.54, 1.807) is 7.11 Å². The molecular formula is C18H23F3N2O2. The molecule has 0 radical (unpaired) electrons. The van der Waals surface area contributed by atoms with Crippen molar-refractivity contribution in [1.82, 2.24) is 10.2 Å². The minimum Gasteiger partial charge on any atom is -0.383 e. The molecular weight excluding hydrogens is 333 g/mol. The maximum Gasteiger partial charge on any atom is 0.417 e. The zero-order valence-corrected chi connectivity index (χ0v) is 14.2. The molecule has 2 atom stereocenters. The maximum atomic E-state index is 13.1. The minimum atomic E-state index is -4.54. The van der Waals surface area contributed by atoms with Crippen LogP contribution < -0.4 is 5.32 Å². The molecule has 1 saturated carbocycles. The van der Waals surface area contributed by atoms with Crippen LogP contribution in [0, 0.1) is 11.8 Å². The van der Waals surface area contributed by atoms with E-state index < -0.39 is 17.6 Å². The van der Waals surface area contributed by atoms with Crippen molar-refractivity contribution in [2.75, 3.05) is 33.4 Å². The number of nitrogens with zero attached hydrogens (tertiary/aromatic N) is 1. The Morgan fingerprint density at radius 3 is 2.64 bits per heavy atom. The smallest absolute Gasteiger partial charge is 0.383 e. The summed E-state index contributed by atoms with van der Waals surface area (Å²) in [5, 5.41) is 2.86. The number of hydrogen-bond donors (Lipinski definition) is 1. The zero-order chi connectivity index (χ0) is 18.0. The van der Waals surface area contributed by atoms with E-state index >= 15 is 0 Å². The first-order chi connectivity index (χ1) is 11.9. The molecule has 1 aliphatic carbocycles. The van der Waals surface area contributed by atoms with Crippen LogP contribution in [0.1, 0.15) is 28.8 Å². The van der Waals surface area contributed by atoms with Crippen LogP contribution in [-0.2, 0) is 10.9 Å². The topological polar surface area (TPSA) is 41.6 Å². The van der Waals surface area contributed by atoms with E-state index in [1.807, 2.05) is 0 Å². The van der Waals surface area contributed by atoms with Gasteiger partial charge in [0.05, 0.1) is 17.7 Å². The summed E-state index contributed by atoms with van der Waals surface area (Å²) >= 11 is 0. The summed E-state index contributed by atoms with van der Waals surface area (Å²) in [6, 6.07) is 4.84. The van der Waals surface area contributed by atoms with Gasteiger partial charge in [-0.2, -0.15) is 13.2 Å². The maximum absolute atomic E-state index is 13.1. The Morgan fingerprint density at radius 1 is 1.28 bits per heavy atom. The fourth-order valence-corrected chi connectivity index (χ4v) is 3.65. The molecule has 0 bridgehead atoms. The van der Waals surface area contributed by atoms with Crippen LogP contribution in [-0.4, -0.2) is 50.2 Å². The average Bonchev–Trinajstić information content (AvgIpc) is 3.34. The van der Waals surface area contributed by atoms with Gasteiger partial charge < -0.3 is 10.1 Å². The van der Waals surface area contributed by atoms with Crippen molar-refractivity contribution in [3.05, 3.63) is 35.4 Å². The van der Waals surface area contributed by atoms with Gasteiger partial charge in [0.25, 0.3) is 5.91 Å². The van der Waals surface area contributed by atoms with Crippen molar-refractivity contribution in [3.63, 3.8) is 0 Å². The van der Waals surface area contributed by atoms with E-state index in [-0.39, 0.29) is 11.6 Å². The minimum absolute atomic E-state index is 0.113. The van der Waals surface area contributed by atoms with Gasteiger partial charge in [-0.1, -0.05) is 12.1 Å². The Labute approximate surface area is 145 Å². The number of alkyl halides is 3. The van der Waals surface area contributed by atoms with E-state index in [2.05, 4.69) is 10.2 Å². The third-order valence-corrected chi connectivity index (χ3v) is 5.07. The molecule has 1 heterocycles. The SMILES string of the molecule is COCCN1C[C@H](NC(=O)c2ccccc2C(F)(F)F)[C@@H](C2CC2)C1. The fourth-order valence-electron chi connectivity index (χ4n) is 3.65. The molecule has 1 N–H and O–H groups in total. The summed E-state index contributed by atoms with van der Waals surface area (Å²) < 4.78 is 44.5. The molecule has 1 amide bonds. The van der Waals surface area contributed by atoms with Crippen LogP contribution in [0.2, 0.25) is 0 Å². The van der Waals surface area contributed by atoms with Gasteiger partial charge in [-0.15, -0.1) is 0 Å². The van der Waals surface area contributed by atoms with Crippen molar-refractivity contribution in [1.29, 1.82) is 0 Å². The van der Waals surface area contributed by atoms with Crippen molar-refractivity contribution >= 4 is 5.91 Å². The third kappa shape index (κ3) is 4.33. The molecule has 0 unspecified atom stereocenters. The molecule has 0 spiro atoms. The first-order valence-electron chi connectivity index (χ1n) is 8.58. The normalized spacial score (nSPS) is 24.5. The Kier molecular flexibility index (Phi) is 5.34. The number of carbonyl (C=O) groups is 1. The predicted octanol–water partition coefficient (Wildman–Crippen LogP) is 2.79. The monoisotopic (exact) mass is 356 g/mol. The van der Waals surface area contributed by atoms with Gasteiger partial charge in [0.1, 0.15) is 0 Å². The quantitative estimate of drug-likeness (QED) is 0.852. The predicted molar refractivity (Wildman–Crippen MR) is 87.2 cm³/mol. The molecule has 2 fully saturated rings. The molecule has 1 aromatic carbocycles. The number of hydrogen-bond acceptors (Lipinski definition) is 3. The number of rotatable bonds is 6. The van der Waals surface area contributed by atoms with Crippen molar-refractivity contribution in [2.24, 2.45) is 11.8 Å². The molecule has 4 nitrogen and oxygen atoms in total. The third-order valence-electron chi connectivity index (χ3n) is 5.07. The molecule has 2 aliphatic rings. The van der Waals surface area contributed by atoms with Gasteiger partial charge in [-0.05, 0) is 36.8 Å². The van der Waals surface area contributed by atoms with E-state index in [0.29, 0.717) is 25.0 Å². The van der Waals surface area contributed by atoms with Gasteiger partial charge >= 0.3 is 6.18 Å². The Balaban J connectivity index is 1.71. The van der Waals surface area contributed by atoms with Gasteiger partial charge in [-0.3, -0.25) is 9.69 Å². The van der Waals surface area contributed by atoms with Gasteiger partial charge in [0, 0.05) is 32.8 Å². The highest BCUT2D eigenvalue weighted by Crippen LogP contribution is 2.41. The lowest BCUT2D eigenvalue weighted by Gasteiger charge is -2.21. The second-order valence-electron chi connectivity index (χ2n) is 6.88. The second kappa shape index (κ2) is 7.33. The average molecular weight is 356 g/mol. The summed E-state index contributed by atoms with van der Waals surface area (Å²) in [4.78, 5) is 14.7. The van der Waals surface area contributed by atoms with Crippen LogP contribution in [0.25, 0.3) is 0 Å². The van der Waals surface area contributed by atoms with Gasteiger partial charge in [-0.25, -0.2) is 0 Å². The number of ether oxygens (including phenoxy) is 1. The summed E-state index contributed by atoms with van der Waals surface area (Å²) in [7, 11) is 1.64. The number of methoxy groups -OCH3 is 1. The van der Waals surface area contributed by atoms with Crippen molar-refractivity contribution in [2.45, 2.75) is 25.1 Å². The van der Waals surface area contributed by atoms with Crippen LogP contribution in [0.5, 0.6) is 0 Å². The lowest BCUT2D eigenvalue weighted by Crippen LogP contribution is -2.42. The molecule has 1 aromatic rings. The number of nitrogens with one attached hydrogen (secondary N) is 1. The molecule has 1 aliphatic heterocycles. The zero-order valence-electron chi connectivity index (χ0n) is 14.2. The van der Waals surface area contributed by atoms with E-state index in [4.69, 9.17) is 4.74 Å². The van der Waals surface area contributed by atoms with Crippen LogP contribution >= 0.6 is 0 Å². The summed E-state index contributed by atoms with van der Waals surface area (Å²) in [5.41, 5.74) is -1.19. The summed E-state index contributed by atoms with van der Waals surface area (Å²) in [5.74, 6) is 0.228. The van der Waals surface area contributed by atoms with Crippen LogP contribution in [0.3, 0.4) is 0 Å². The second-order valence-corrected chi connectivity index (χ2v) is 6.88. The number of benzene rings is 1. The first kappa shape index (κ1) is 18.2. The summed E-state index contributed by atoms with van der Waals surface area (Å²) in [6.45, 7) is 2.89. The standard InChI is InChI=1S/C18H23F3N2O2/c1-25-9-8-23-10-14(12-6-7-12)16(11-23)22-17(24)13-4-2-3-5-15(13)18(19,20)21/h2-5,12,14,16H,6-11H2,1H3,(H,22,24)/t14-,16+/m1/s1. The van der Waals surface area contributed by atoms with E-state index in [1.165, 1.54) is 18.2 Å². The number of amides is 1. The van der Waals surface area contributed by atoms with Crippen LogP contribution in [0.15, 0.2) is 24.3 Å². The Bertz CT molecular complexity index is 617. The molecule has 3 rings (SSSR count). The van der Waals surface area contributed by atoms with E-state index in [0.717, 1.165) is 32.0 Å². The molecule has 0 aromatic heterocycles. The number of halogens is 3. The van der Waals surface area contributed by atoms with Gasteiger partial charge in [0.15, 0.2) is 0 Å². The number of carbonyl (C=O) groups excluding carboxylic acids is 1. The summed E-state index contributed by atoms with van der Waals surface area (Å²) in [6.07, 6.45) is -2.27. The largest absolute Gasteiger partial charge is 0.417 e. The lowest BCUT2D eigenvalue weighted by molar-refractivity contribution is -0.137. The van der Waals surface area contributed by atoms with Gasteiger partial charge in [0.2, 0.25) is 0 Å². The highest BCUT2D eigenvalue weighted by Gasteiger charge is 2.43. The highest BCUT2D eigenvalue weighted by atomic mass is 19.4. The molecule has 25 heavy (non-hydrogen) atoms. The molecule has 7 heteroatoms. The first-order valence-corrected chi connectivity index (χ1v) is 8.58. The van der Waals surface area contributed by atoms with Crippen molar-refractivity contribution in [3.8, 4) is 0 Å². The number of likely N-dealkylation sites (tertiary alicyclic amines) is 1. The highest BCUT2D eigenvalue weighted by molar-refractivity contribution is 5.96. The fraction of sp³-hybridized carbons (Fsp3) is 0.611. The Morgan fingerprint density at radius 2 is 2.00 bits per heavy atom. The molecule has 1 saturated heterocycles. The van der Waals surface area contributed by atoms with Crippen molar-refractivity contribution < 1.29 is 22.7 Å². The van der Waals surface area contributed by atoms with E-state index in [9.17, 15) is 18.0 Å². The molecule has 138 valence electrons. The Hall–Kier alpha value is -1.60. The lowest BCUT2D eigenvalue weighted by atomic mass is 9.97. The van der Waals surface area contributed by atoms with Crippen LogP contribution in [0.4, 0.5) is 13.2 Å².